The summed E-state index contributed by atoms with van der Waals surface area (Å²) in [5.74, 6) is 0. The zero-order chi connectivity index (χ0) is 16.4. The lowest BCUT2D eigenvalue weighted by Crippen LogP contribution is -2.11. The van der Waals surface area contributed by atoms with Gasteiger partial charge in [0, 0.05) is 23.0 Å². The number of rotatable bonds is 4. The second-order valence-electron chi connectivity index (χ2n) is 7.23. The van der Waals surface area contributed by atoms with E-state index in [1.165, 1.54) is 0 Å². The quantitative estimate of drug-likeness (QED) is 0.579. The molecule has 0 aliphatic carbocycles. The van der Waals surface area contributed by atoms with E-state index in [9.17, 15) is 4.79 Å². The van der Waals surface area contributed by atoms with Crippen LogP contribution in [0, 0.1) is 5.41 Å². The lowest BCUT2D eigenvalue weighted by atomic mass is 9.92. The number of carbonyl (C=O) groups excluding carboxylic acids is 1. The zero-order valence-corrected chi connectivity index (χ0v) is 14.0. The highest BCUT2D eigenvalue weighted by molar-refractivity contribution is 6.05. The van der Waals surface area contributed by atoms with E-state index in [-0.39, 0.29) is 5.41 Å². The van der Waals surface area contributed by atoms with E-state index < -0.39 is 0 Å². The molecule has 1 heterocycles. The third-order valence-electron chi connectivity index (χ3n) is 4.26. The van der Waals surface area contributed by atoms with Crippen molar-refractivity contribution >= 4 is 17.2 Å². The van der Waals surface area contributed by atoms with Crippen molar-refractivity contribution in [3.05, 3.63) is 60.2 Å². The summed E-state index contributed by atoms with van der Waals surface area (Å²) in [6.07, 6.45) is 2.06. The first-order valence-electron chi connectivity index (χ1n) is 8.13. The van der Waals surface area contributed by atoms with Crippen LogP contribution >= 0.6 is 0 Å². The number of hydrogen-bond acceptors (Lipinski definition) is 1. The highest BCUT2D eigenvalue weighted by atomic mass is 16.1. The fraction of sp³-hybridized carbons (Fsp3) is 0.286. The van der Waals surface area contributed by atoms with Gasteiger partial charge < -0.3 is 4.57 Å². The van der Waals surface area contributed by atoms with E-state index in [0.717, 1.165) is 47.0 Å². The Morgan fingerprint density at radius 1 is 0.957 bits per heavy atom. The normalized spacial score (nSPS) is 11.8. The minimum atomic E-state index is 0.251. The van der Waals surface area contributed by atoms with Gasteiger partial charge in [-0.1, -0.05) is 69.3 Å². The van der Waals surface area contributed by atoms with Crippen LogP contribution in [0.25, 0.3) is 22.2 Å². The molecule has 3 aromatic rings. The first kappa shape index (κ1) is 15.5. The van der Waals surface area contributed by atoms with Gasteiger partial charge in [-0.2, -0.15) is 0 Å². The summed E-state index contributed by atoms with van der Waals surface area (Å²) in [6.45, 7) is 7.66. The van der Waals surface area contributed by atoms with Crippen molar-refractivity contribution in [2.45, 2.75) is 33.7 Å². The molecule has 2 heteroatoms. The van der Waals surface area contributed by atoms with Gasteiger partial charge in [-0.15, -0.1) is 0 Å². The molecule has 0 radical (unpaired) electrons. The SMILES string of the molecule is CC(C)(C)CCn1c(-c2ccccc2)c(C=O)c2ccccc21. The smallest absolute Gasteiger partial charge is 0.152 e. The number of aryl methyl sites for hydroxylation is 1. The van der Waals surface area contributed by atoms with Crippen LogP contribution in [0.3, 0.4) is 0 Å². The van der Waals surface area contributed by atoms with Crippen molar-refractivity contribution in [3.8, 4) is 11.3 Å². The molecule has 0 saturated heterocycles. The Morgan fingerprint density at radius 3 is 2.26 bits per heavy atom. The largest absolute Gasteiger partial charge is 0.340 e. The zero-order valence-electron chi connectivity index (χ0n) is 14.0. The molecule has 0 N–H and O–H groups in total. The van der Waals surface area contributed by atoms with E-state index in [1.54, 1.807) is 0 Å². The van der Waals surface area contributed by atoms with Crippen LogP contribution < -0.4 is 0 Å². The molecular weight excluding hydrogens is 282 g/mol. The summed E-state index contributed by atoms with van der Waals surface area (Å²) < 4.78 is 2.31. The maximum absolute atomic E-state index is 11.8. The maximum atomic E-state index is 11.8. The van der Waals surface area contributed by atoms with Gasteiger partial charge in [0.05, 0.1) is 5.69 Å². The molecule has 0 fully saturated rings. The molecule has 23 heavy (non-hydrogen) atoms. The Kier molecular flexibility index (Phi) is 4.08. The van der Waals surface area contributed by atoms with Crippen molar-refractivity contribution in [3.63, 3.8) is 0 Å². The average Bonchev–Trinajstić information content (AvgIpc) is 2.86. The monoisotopic (exact) mass is 305 g/mol. The fourth-order valence-electron chi connectivity index (χ4n) is 3.04. The van der Waals surface area contributed by atoms with Crippen LogP contribution in [-0.2, 0) is 6.54 Å². The Bertz CT molecular complexity index is 822. The molecule has 118 valence electrons. The third-order valence-corrected chi connectivity index (χ3v) is 4.26. The third kappa shape index (κ3) is 3.07. The number of fused-ring (bicyclic) bond motifs is 1. The van der Waals surface area contributed by atoms with Crippen molar-refractivity contribution in [1.29, 1.82) is 0 Å². The predicted octanol–water partition coefficient (Wildman–Crippen LogP) is 5.56. The van der Waals surface area contributed by atoms with Crippen molar-refractivity contribution in [1.82, 2.24) is 4.57 Å². The van der Waals surface area contributed by atoms with E-state index in [2.05, 4.69) is 43.5 Å². The molecule has 0 aliphatic rings. The minimum Gasteiger partial charge on any atom is -0.340 e. The number of benzene rings is 2. The molecule has 0 unspecified atom stereocenters. The molecule has 1 aromatic heterocycles. The molecule has 0 bridgehead atoms. The molecule has 2 nitrogen and oxygen atoms in total. The van der Waals surface area contributed by atoms with Crippen LogP contribution in [0.5, 0.6) is 0 Å². The van der Waals surface area contributed by atoms with E-state index in [1.807, 2.05) is 36.4 Å². The summed E-state index contributed by atoms with van der Waals surface area (Å²) >= 11 is 0. The van der Waals surface area contributed by atoms with Gasteiger partial charge in [-0.25, -0.2) is 0 Å². The second-order valence-corrected chi connectivity index (χ2v) is 7.23. The van der Waals surface area contributed by atoms with Crippen LogP contribution in [0.15, 0.2) is 54.6 Å². The van der Waals surface area contributed by atoms with Gasteiger partial charge in [-0.05, 0) is 23.5 Å². The summed E-state index contributed by atoms with van der Waals surface area (Å²) in [7, 11) is 0. The first-order chi connectivity index (χ1) is 11.0. The van der Waals surface area contributed by atoms with Crippen LogP contribution in [-0.4, -0.2) is 10.9 Å². The Labute approximate surface area is 137 Å². The van der Waals surface area contributed by atoms with Gasteiger partial charge >= 0.3 is 0 Å². The number of aldehydes is 1. The van der Waals surface area contributed by atoms with Gasteiger partial charge in [0.15, 0.2) is 6.29 Å². The lowest BCUT2D eigenvalue weighted by Gasteiger charge is -2.20. The summed E-state index contributed by atoms with van der Waals surface area (Å²) in [6, 6.07) is 18.4. The van der Waals surface area contributed by atoms with Gasteiger partial charge in [0.1, 0.15) is 0 Å². The number of aromatic nitrogens is 1. The standard InChI is InChI=1S/C21H23NO/c1-21(2,3)13-14-22-19-12-8-7-11-17(19)18(15-23)20(22)16-9-5-4-6-10-16/h4-12,15H,13-14H2,1-3H3. The molecule has 0 amide bonds. The second kappa shape index (κ2) is 6.04. The highest BCUT2D eigenvalue weighted by Crippen LogP contribution is 2.34. The lowest BCUT2D eigenvalue weighted by molar-refractivity contribution is 0.112. The molecule has 3 rings (SSSR count). The molecule has 0 saturated carbocycles. The number of para-hydroxylation sites is 1. The van der Waals surface area contributed by atoms with Crippen molar-refractivity contribution < 1.29 is 4.79 Å². The van der Waals surface area contributed by atoms with Crippen LogP contribution in [0.1, 0.15) is 37.6 Å². The number of carbonyl (C=O) groups is 1. The highest BCUT2D eigenvalue weighted by Gasteiger charge is 2.19. The predicted molar refractivity (Wildman–Crippen MR) is 96.8 cm³/mol. The molecular formula is C21H23NO. The topological polar surface area (TPSA) is 22.0 Å². The molecule has 2 aromatic carbocycles. The number of hydrogen-bond donors (Lipinski definition) is 0. The first-order valence-corrected chi connectivity index (χ1v) is 8.13. The van der Waals surface area contributed by atoms with Gasteiger partial charge in [0.25, 0.3) is 0 Å². The van der Waals surface area contributed by atoms with Gasteiger partial charge in [-0.3, -0.25) is 4.79 Å². The Morgan fingerprint density at radius 2 is 1.61 bits per heavy atom. The minimum absolute atomic E-state index is 0.251. The van der Waals surface area contributed by atoms with E-state index in [4.69, 9.17) is 0 Å². The summed E-state index contributed by atoms with van der Waals surface area (Å²) in [5, 5.41) is 1.04. The van der Waals surface area contributed by atoms with Crippen LogP contribution in [0.2, 0.25) is 0 Å². The average molecular weight is 305 g/mol. The van der Waals surface area contributed by atoms with Crippen molar-refractivity contribution in [2.24, 2.45) is 5.41 Å². The molecule has 0 spiro atoms. The maximum Gasteiger partial charge on any atom is 0.152 e. The summed E-state index contributed by atoms with van der Waals surface area (Å²) in [5.41, 5.74) is 4.31. The van der Waals surface area contributed by atoms with Gasteiger partial charge in [0.2, 0.25) is 0 Å². The van der Waals surface area contributed by atoms with Crippen molar-refractivity contribution in [2.75, 3.05) is 0 Å². The molecule has 0 atom stereocenters. The fourth-order valence-corrected chi connectivity index (χ4v) is 3.04. The van der Waals surface area contributed by atoms with E-state index >= 15 is 0 Å². The number of nitrogens with zero attached hydrogens (tertiary/aromatic N) is 1. The Balaban J connectivity index is 2.24. The van der Waals surface area contributed by atoms with E-state index in [0.29, 0.717) is 0 Å². The molecule has 0 aliphatic heterocycles. The Hall–Kier alpha value is -2.35. The summed E-state index contributed by atoms with van der Waals surface area (Å²) in [4.78, 5) is 11.8. The van der Waals surface area contributed by atoms with Crippen LogP contribution in [0.4, 0.5) is 0 Å².